The molecule has 1 N–H and O–H groups in total. The molecule has 1 heterocycles. The molecule has 200 valence electrons. The third-order valence-electron chi connectivity index (χ3n) is 8.54. The molecule has 1 saturated carbocycles. The Labute approximate surface area is 231 Å². The number of methoxy groups -OCH3 is 1. The Morgan fingerprint density at radius 1 is 1.23 bits per heavy atom. The molecule has 7 atom stereocenters. The van der Waals surface area contributed by atoms with E-state index in [4.69, 9.17) is 22.1 Å². The van der Waals surface area contributed by atoms with Crippen molar-refractivity contribution >= 4 is 22.5 Å². The van der Waals surface area contributed by atoms with E-state index in [0.29, 0.717) is 15.8 Å². The van der Waals surface area contributed by atoms with Crippen LogP contribution in [0.1, 0.15) is 85.5 Å². The van der Waals surface area contributed by atoms with Crippen molar-refractivity contribution in [1.29, 1.82) is 0 Å². The van der Waals surface area contributed by atoms with Crippen LogP contribution in [0.25, 0.3) is 0 Å². The van der Waals surface area contributed by atoms with Gasteiger partial charge in [0.05, 0.1) is 0 Å². The molecular formula is C27H49ClHgO5Si. The molecule has 0 aromatic heterocycles. The number of hydrogen-bond acceptors (Lipinski definition) is 5. The molecule has 1 saturated heterocycles. The van der Waals surface area contributed by atoms with Crippen molar-refractivity contribution in [3.8, 4) is 0 Å². The van der Waals surface area contributed by atoms with E-state index in [1.165, 1.54) is 7.11 Å². The number of carbonyl (C=O) groups is 1. The van der Waals surface area contributed by atoms with Gasteiger partial charge in [0, 0.05) is 0 Å². The fraction of sp³-hybridized carbons (Fsp3) is 0.889. The van der Waals surface area contributed by atoms with E-state index in [9.17, 15) is 9.90 Å². The number of ether oxygens (including phenoxy) is 2. The summed E-state index contributed by atoms with van der Waals surface area (Å²) in [5, 5.41) is 10.7. The minimum atomic E-state index is -1.91. The Morgan fingerprint density at radius 2 is 1.94 bits per heavy atom. The van der Waals surface area contributed by atoms with Crippen molar-refractivity contribution in [2.24, 2.45) is 11.8 Å². The van der Waals surface area contributed by atoms with Gasteiger partial charge in [-0.25, -0.2) is 0 Å². The molecule has 0 radical (unpaired) electrons. The van der Waals surface area contributed by atoms with Crippen molar-refractivity contribution in [3.05, 3.63) is 12.2 Å². The van der Waals surface area contributed by atoms with Gasteiger partial charge in [0.15, 0.2) is 0 Å². The Kier molecular flexibility index (Phi) is 13.3. The van der Waals surface area contributed by atoms with Gasteiger partial charge in [-0.15, -0.1) is 0 Å². The molecule has 5 nitrogen and oxygen atoms in total. The molecule has 2 bridgehead atoms. The van der Waals surface area contributed by atoms with Crippen LogP contribution in [-0.2, 0) is 42.0 Å². The fourth-order valence-corrected chi connectivity index (χ4v) is 13.4. The summed E-state index contributed by atoms with van der Waals surface area (Å²) in [5.74, 6) is 0.529. The zero-order chi connectivity index (χ0) is 26.2. The summed E-state index contributed by atoms with van der Waals surface area (Å²) in [5.41, 5.74) is 0. The normalized spacial score (nSPS) is 28.7. The molecular weight excluding hydrogens is 668 g/mol. The number of rotatable bonds is 14. The summed E-state index contributed by atoms with van der Waals surface area (Å²) in [6.07, 6.45) is 12.7. The molecule has 0 aromatic carbocycles. The Morgan fingerprint density at radius 3 is 2.54 bits per heavy atom. The van der Waals surface area contributed by atoms with Crippen LogP contribution >= 0.6 is 8.25 Å². The molecule has 0 spiro atoms. The number of aliphatic hydroxyl groups is 1. The molecule has 2 aliphatic rings. The first kappa shape index (κ1) is 31.7. The molecule has 0 aromatic rings. The van der Waals surface area contributed by atoms with Crippen LogP contribution < -0.4 is 0 Å². The predicted octanol–water partition coefficient (Wildman–Crippen LogP) is 7.04. The van der Waals surface area contributed by atoms with Gasteiger partial charge in [0.1, 0.15) is 0 Å². The summed E-state index contributed by atoms with van der Waals surface area (Å²) >= 11 is -1.61. The van der Waals surface area contributed by atoms with E-state index in [-0.39, 0.29) is 41.3 Å². The van der Waals surface area contributed by atoms with Gasteiger partial charge < -0.3 is 0 Å². The summed E-state index contributed by atoms with van der Waals surface area (Å²) < 4.78 is 19.0. The van der Waals surface area contributed by atoms with Gasteiger partial charge in [-0.3, -0.25) is 0 Å². The van der Waals surface area contributed by atoms with E-state index in [1.54, 1.807) is 0 Å². The van der Waals surface area contributed by atoms with Gasteiger partial charge in [-0.1, -0.05) is 6.92 Å². The van der Waals surface area contributed by atoms with Crippen LogP contribution in [0.5, 0.6) is 0 Å². The number of esters is 1. The molecule has 1 unspecified atom stereocenters. The van der Waals surface area contributed by atoms with Crippen molar-refractivity contribution in [1.82, 2.24) is 0 Å². The van der Waals surface area contributed by atoms with Crippen LogP contribution in [0.2, 0.25) is 21.6 Å². The van der Waals surface area contributed by atoms with Crippen LogP contribution in [0, 0.1) is 11.8 Å². The quantitative estimate of drug-likeness (QED) is 0.0905. The molecule has 1 aliphatic heterocycles. The topological polar surface area (TPSA) is 65.0 Å². The number of fused-ring (bicyclic) bond motifs is 2. The van der Waals surface area contributed by atoms with Gasteiger partial charge in [0.2, 0.25) is 0 Å². The van der Waals surface area contributed by atoms with Crippen LogP contribution in [0.4, 0.5) is 0 Å². The second-order valence-corrected chi connectivity index (χ2v) is 24.9. The zero-order valence-corrected chi connectivity index (χ0v) is 30.5. The summed E-state index contributed by atoms with van der Waals surface area (Å²) in [6.45, 7) is 13.7. The molecule has 35 heavy (non-hydrogen) atoms. The van der Waals surface area contributed by atoms with E-state index in [0.717, 1.165) is 51.4 Å². The van der Waals surface area contributed by atoms with E-state index in [2.05, 4.69) is 46.9 Å². The molecule has 0 amide bonds. The minimum absolute atomic E-state index is 0.118. The standard InChI is InChI=1S/C27H49O5Si.ClH.Hg/c1-8-9-10-13-20(28)16-17-22-23-18-21(14-11-12-15-26(29)30-5)31-24(22)19-25(23)32-33(6,7)27(2,3)4;;/h14,16-17,20-25,28H,8-13,15,18-19H2,1-7H3;1H;/q;;+1/p-1/b17-16+;;/t20-,21+,22+,23+,24+,25+;;/m0../s1. The molecule has 1 aliphatic carbocycles. The number of unbranched alkanes of at least 4 members (excludes halogenated alkanes) is 2. The SMILES string of the molecule is CCCCC[C@H](O)/C=C/[C@@H]1[C@H]2C[C@@H]([CH](CCCC(=O)OC)[Hg][Cl])O[C@@H]1C[C@H]2O[Si](C)(C)C(C)(C)C. The number of halogens is 1. The number of hydrogen-bond donors (Lipinski definition) is 1. The van der Waals surface area contributed by atoms with Crippen molar-refractivity contribution in [2.75, 3.05) is 7.11 Å². The fourth-order valence-electron chi connectivity index (χ4n) is 5.28. The number of aliphatic hydroxyl groups excluding tert-OH is 1. The van der Waals surface area contributed by atoms with Crippen molar-refractivity contribution in [3.63, 3.8) is 0 Å². The van der Waals surface area contributed by atoms with E-state index >= 15 is 0 Å². The first-order chi connectivity index (χ1) is 16.4. The number of carbonyl (C=O) groups excluding carboxylic acids is 1. The monoisotopic (exact) mass is 718 g/mol. The summed E-state index contributed by atoms with van der Waals surface area (Å²) in [6, 6.07) is 0. The third kappa shape index (κ3) is 9.35. The summed E-state index contributed by atoms with van der Waals surface area (Å²) in [4.78, 5) is 11.6. The maximum absolute atomic E-state index is 11.6. The zero-order valence-electron chi connectivity index (χ0n) is 23.2. The van der Waals surface area contributed by atoms with Gasteiger partial charge in [-0.2, -0.15) is 0 Å². The van der Waals surface area contributed by atoms with Crippen LogP contribution in [-0.4, -0.2) is 50.9 Å². The van der Waals surface area contributed by atoms with Gasteiger partial charge in [0.25, 0.3) is 0 Å². The predicted molar refractivity (Wildman–Crippen MR) is 142 cm³/mol. The third-order valence-corrected chi connectivity index (χ3v) is 21.7. The first-order valence-electron chi connectivity index (χ1n) is 13.8. The molecule has 2 fully saturated rings. The average molecular weight is 718 g/mol. The van der Waals surface area contributed by atoms with E-state index < -0.39 is 31.7 Å². The van der Waals surface area contributed by atoms with Gasteiger partial charge in [-0.05, 0) is 0 Å². The Bertz CT molecular complexity index is 683. The van der Waals surface area contributed by atoms with Gasteiger partial charge >= 0.3 is 225 Å². The van der Waals surface area contributed by atoms with Crippen LogP contribution in [0.3, 0.4) is 0 Å². The molecule has 2 rings (SSSR count). The van der Waals surface area contributed by atoms with E-state index in [1.807, 2.05) is 6.08 Å². The van der Waals surface area contributed by atoms with Crippen LogP contribution in [0.15, 0.2) is 12.2 Å². The maximum atomic E-state index is 11.6. The second-order valence-electron chi connectivity index (χ2n) is 12.2. The second kappa shape index (κ2) is 14.6. The first-order valence-corrected chi connectivity index (χ1v) is 26.6. The Hall–Kier alpha value is 0.532. The summed E-state index contributed by atoms with van der Waals surface area (Å²) in [7, 11) is 6.15. The average Bonchev–Trinajstić information content (AvgIpc) is 2.97. The molecule has 8 heteroatoms. The Balaban J connectivity index is 2.13. The van der Waals surface area contributed by atoms with Crippen molar-refractivity contribution < 1.29 is 47.1 Å². The van der Waals surface area contributed by atoms with Crippen molar-refractivity contribution in [2.45, 2.75) is 131 Å².